The Labute approximate surface area is 116 Å². The van der Waals surface area contributed by atoms with Crippen LogP contribution in [-0.2, 0) is 12.8 Å². The predicted molar refractivity (Wildman–Crippen MR) is 71.2 cm³/mol. The highest BCUT2D eigenvalue weighted by molar-refractivity contribution is 5.95. The highest BCUT2D eigenvalue weighted by Gasteiger charge is 2.20. The van der Waals surface area contributed by atoms with Gasteiger partial charge in [-0.1, -0.05) is 0 Å². The lowest BCUT2D eigenvalue weighted by Gasteiger charge is -2.14. The van der Waals surface area contributed by atoms with E-state index in [0.717, 1.165) is 0 Å². The van der Waals surface area contributed by atoms with Gasteiger partial charge in [-0.3, -0.25) is 0 Å². The normalized spacial score (nSPS) is 10.5. The van der Waals surface area contributed by atoms with Crippen molar-refractivity contribution in [3.8, 4) is 0 Å². The average Bonchev–Trinajstić information content (AvgIpc) is 2.39. The van der Waals surface area contributed by atoms with Crippen molar-refractivity contribution >= 4 is 11.9 Å². The van der Waals surface area contributed by atoms with E-state index in [1.807, 2.05) is 0 Å². The second-order valence-corrected chi connectivity index (χ2v) is 4.38. The Bertz CT molecular complexity index is 495. The second kappa shape index (κ2) is 7.62. The van der Waals surface area contributed by atoms with Crippen LogP contribution in [-0.4, -0.2) is 45.6 Å². The first-order valence-electron chi connectivity index (χ1n) is 6.36. The highest BCUT2D eigenvalue weighted by atomic mass is 16.4. The van der Waals surface area contributed by atoms with Crippen LogP contribution in [0.3, 0.4) is 0 Å². The highest BCUT2D eigenvalue weighted by Crippen LogP contribution is 2.23. The van der Waals surface area contributed by atoms with E-state index in [1.165, 1.54) is 12.1 Å². The van der Waals surface area contributed by atoms with Crippen LogP contribution in [0, 0.1) is 0 Å². The van der Waals surface area contributed by atoms with Gasteiger partial charge >= 0.3 is 11.9 Å². The Morgan fingerprint density at radius 2 is 1.30 bits per heavy atom. The van der Waals surface area contributed by atoms with Crippen LogP contribution >= 0.6 is 0 Å². The summed E-state index contributed by atoms with van der Waals surface area (Å²) in [5, 5.41) is 36.2. The summed E-state index contributed by atoms with van der Waals surface area (Å²) in [5.74, 6) is -2.27. The molecule has 6 heteroatoms. The molecule has 0 heterocycles. The minimum absolute atomic E-state index is 0.00361. The molecule has 1 rings (SSSR count). The Morgan fingerprint density at radius 1 is 0.800 bits per heavy atom. The molecule has 6 nitrogen and oxygen atoms in total. The first-order chi connectivity index (χ1) is 9.52. The number of aliphatic hydroxyl groups is 2. The summed E-state index contributed by atoms with van der Waals surface area (Å²) in [6.07, 6.45) is 1.52. The zero-order valence-electron chi connectivity index (χ0n) is 11.0. The number of hydrogen-bond donors (Lipinski definition) is 4. The van der Waals surface area contributed by atoms with E-state index in [9.17, 15) is 14.7 Å². The third kappa shape index (κ3) is 3.79. The SMILES string of the molecule is O=C(O)c1ccc(C(=O)O)c(CCCCO)c1CCO. The maximum atomic E-state index is 11.2. The van der Waals surface area contributed by atoms with Crippen molar-refractivity contribution in [1.82, 2.24) is 0 Å². The lowest BCUT2D eigenvalue weighted by atomic mass is 9.90. The summed E-state index contributed by atoms with van der Waals surface area (Å²) in [5.41, 5.74) is 0.858. The molecule has 0 aliphatic carbocycles. The molecular formula is C14H18O6. The van der Waals surface area contributed by atoms with Gasteiger partial charge in [-0.05, 0) is 48.9 Å². The molecule has 0 saturated carbocycles. The summed E-state index contributed by atoms with van der Waals surface area (Å²) in [7, 11) is 0. The quantitative estimate of drug-likeness (QED) is 0.527. The predicted octanol–water partition coefficient (Wildman–Crippen LogP) is 0.933. The van der Waals surface area contributed by atoms with Gasteiger partial charge in [0.15, 0.2) is 0 Å². The van der Waals surface area contributed by atoms with E-state index < -0.39 is 11.9 Å². The van der Waals surface area contributed by atoms with Gasteiger partial charge in [0.25, 0.3) is 0 Å². The van der Waals surface area contributed by atoms with E-state index in [1.54, 1.807) is 0 Å². The van der Waals surface area contributed by atoms with Gasteiger partial charge in [0, 0.05) is 13.2 Å². The van der Waals surface area contributed by atoms with Crippen molar-refractivity contribution in [3.63, 3.8) is 0 Å². The third-order valence-corrected chi connectivity index (χ3v) is 3.09. The van der Waals surface area contributed by atoms with Crippen LogP contribution in [0.1, 0.15) is 44.7 Å². The number of benzene rings is 1. The number of rotatable bonds is 8. The molecule has 0 amide bonds. The summed E-state index contributed by atoms with van der Waals surface area (Å²) in [4.78, 5) is 22.4. The Morgan fingerprint density at radius 3 is 1.70 bits per heavy atom. The molecule has 0 unspecified atom stereocenters. The van der Waals surface area contributed by atoms with Crippen LogP contribution in [0.5, 0.6) is 0 Å². The number of unbranched alkanes of at least 4 members (excludes halogenated alkanes) is 1. The number of carboxylic acids is 2. The Hall–Kier alpha value is -1.92. The lowest BCUT2D eigenvalue weighted by Crippen LogP contribution is -2.13. The monoisotopic (exact) mass is 282 g/mol. The molecule has 0 aromatic heterocycles. The molecule has 110 valence electrons. The number of aliphatic hydroxyl groups excluding tert-OH is 2. The first kappa shape index (κ1) is 16.1. The van der Waals surface area contributed by atoms with Gasteiger partial charge in [0.1, 0.15) is 0 Å². The Balaban J connectivity index is 3.31. The van der Waals surface area contributed by atoms with Crippen molar-refractivity contribution in [2.75, 3.05) is 13.2 Å². The molecule has 0 fully saturated rings. The minimum Gasteiger partial charge on any atom is -0.478 e. The van der Waals surface area contributed by atoms with Crippen LogP contribution < -0.4 is 0 Å². The number of hydrogen-bond acceptors (Lipinski definition) is 4. The summed E-state index contributed by atoms with van der Waals surface area (Å²) >= 11 is 0. The standard InChI is InChI=1S/C14H18O6/c15-7-2-1-3-9-10(6-8-16)12(14(19)20)5-4-11(9)13(17)18/h4-5,15-16H,1-3,6-8H2,(H,17,18)(H,19,20). The van der Waals surface area contributed by atoms with E-state index in [0.29, 0.717) is 30.4 Å². The fraction of sp³-hybridized carbons (Fsp3) is 0.429. The van der Waals surface area contributed by atoms with E-state index in [4.69, 9.17) is 15.3 Å². The summed E-state index contributed by atoms with van der Waals surface area (Å²) in [6.45, 7) is -0.257. The maximum Gasteiger partial charge on any atom is 0.335 e. The molecule has 0 aliphatic rings. The molecule has 0 atom stereocenters. The summed E-state index contributed by atoms with van der Waals surface area (Å²) < 4.78 is 0. The second-order valence-electron chi connectivity index (χ2n) is 4.38. The topological polar surface area (TPSA) is 115 Å². The summed E-state index contributed by atoms with van der Waals surface area (Å²) in [6, 6.07) is 2.53. The van der Waals surface area contributed by atoms with Crippen molar-refractivity contribution in [2.24, 2.45) is 0 Å². The number of carbonyl (C=O) groups is 2. The first-order valence-corrected chi connectivity index (χ1v) is 6.36. The smallest absolute Gasteiger partial charge is 0.335 e. The van der Waals surface area contributed by atoms with Gasteiger partial charge < -0.3 is 20.4 Å². The minimum atomic E-state index is -1.14. The lowest BCUT2D eigenvalue weighted by molar-refractivity contribution is 0.0678. The molecule has 20 heavy (non-hydrogen) atoms. The van der Waals surface area contributed by atoms with Crippen molar-refractivity contribution < 1.29 is 30.0 Å². The van der Waals surface area contributed by atoms with Gasteiger partial charge in [0.2, 0.25) is 0 Å². The molecule has 0 saturated heterocycles. The molecule has 0 bridgehead atoms. The number of aromatic carboxylic acids is 2. The molecule has 4 N–H and O–H groups in total. The molecular weight excluding hydrogens is 264 g/mol. The van der Waals surface area contributed by atoms with E-state index in [2.05, 4.69) is 0 Å². The fourth-order valence-corrected chi connectivity index (χ4v) is 2.19. The molecule has 0 spiro atoms. The third-order valence-electron chi connectivity index (χ3n) is 3.09. The van der Waals surface area contributed by atoms with Gasteiger partial charge in [-0.2, -0.15) is 0 Å². The number of carboxylic acid groups (broad SMARTS) is 2. The van der Waals surface area contributed by atoms with Crippen molar-refractivity contribution in [2.45, 2.75) is 25.7 Å². The van der Waals surface area contributed by atoms with Crippen LogP contribution in [0.4, 0.5) is 0 Å². The van der Waals surface area contributed by atoms with Crippen LogP contribution in [0.2, 0.25) is 0 Å². The zero-order valence-corrected chi connectivity index (χ0v) is 11.0. The van der Waals surface area contributed by atoms with Gasteiger partial charge in [-0.25, -0.2) is 9.59 Å². The molecule has 1 aromatic carbocycles. The maximum absolute atomic E-state index is 11.2. The average molecular weight is 282 g/mol. The largest absolute Gasteiger partial charge is 0.478 e. The van der Waals surface area contributed by atoms with Crippen molar-refractivity contribution in [3.05, 3.63) is 34.4 Å². The van der Waals surface area contributed by atoms with Gasteiger partial charge in [0.05, 0.1) is 11.1 Å². The molecule has 0 radical (unpaired) electrons. The molecule has 0 aliphatic heterocycles. The molecule has 1 aromatic rings. The zero-order chi connectivity index (χ0) is 15.1. The van der Waals surface area contributed by atoms with Gasteiger partial charge in [-0.15, -0.1) is 0 Å². The van der Waals surface area contributed by atoms with Crippen LogP contribution in [0.15, 0.2) is 12.1 Å². The fourth-order valence-electron chi connectivity index (χ4n) is 2.19. The van der Waals surface area contributed by atoms with E-state index >= 15 is 0 Å². The van der Waals surface area contributed by atoms with Crippen molar-refractivity contribution in [1.29, 1.82) is 0 Å². The van der Waals surface area contributed by atoms with Crippen LogP contribution in [0.25, 0.3) is 0 Å². The Kier molecular flexibility index (Phi) is 6.14. The van der Waals surface area contributed by atoms with E-state index in [-0.39, 0.29) is 30.8 Å².